The molecule has 0 fully saturated rings. The summed E-state index contributed by atoms with van der Waals surface area (Å²) in [6.45, 7) is 3.82. The van der Waals surface area contributed by atoms with Gasteiger partial charge in [0.2, 0.25) is 5.91 Å². The molecule has 5 nitrogen and oxygen atoms in total. The average Bonchev–Trinajstić information content (AvgIpc) is 2.37. The topological polar surface area (TPSA) is 73.6 Å². The molecule has 0 saturated heterocycles. The summed E-state index contributed by atoms with van der Waals surface area (Å²) in [5.74, 6) is -0.195. The van der Waals surface area contributed by atoms with Crippen molar-refractivity contribution in [3.63, 3.8) is 0 Å². The molecule has 0 bridgehead atoms. The predicted octanol–water partition coefficient (Wildman–Crippen LogP) is 2.04. The van der Waals surface area contributed by atoms with Crippen molar-refractivity contribution >= 4 is 17.3 Å². The number of amides is 1. The smallest absolute Gasteiger partial charge is 0.250 e. The van der Waals surface area contributed by atoms with E-state index in [2.05, 4.69) is 12.2 Å². The normalized spacial score (nSPS) is 10.4. The molecule has 0 aromatic heterocycles. The second kappa shape index (κ2) is 9.35. The van der Waals surface area contributed by atoms with Crippen molar-refractivity contribution in [1.82, 2.24) is 0 Å². The Labute approximate surface area is 114 Å². The number of rotatable bonds is 9. The van der Waals surface area contributed by atoms with Gasteiger partial charge in [0.1, 0.15) is 6.61 Å². The summed E-state index contributed by atoms with van der Waals surface area (Å²) in [5.41, 5.74) is 6.90. The summed E-state index contributed by atoms with van der Waals surface area (Å²) >= 11 is 0. The fourth-order valence-corrected chi connectivity index (χ4v) is 1.44. The molecule has 106 valence electrons. The van der Waals surface area contributed by atoms with Crippen LogP contribution < -0.4 is 11.1 Å². The van der Waals surface area contributed by atoms with E-state index in [1.54, 1.807) is 24.3 Å². The summed E-state index contributed by atoms with van der Waals surface area (Å²) < 4.78 is 10.5. The minimum atomic E-state index is -0.195. The third kappa shape index (κ3) is 7.43. The minimum absolute atomic E-state index is 0.0198. The molecule has 0 aliphatic heterocycles. The Morgan fingerprint density at radius 1 is 1.26 bits per heavy atom. The highest BCUT2D eigenvalue weighted by atomic mass is 16.5. The van der Waals surface area contributed by atoms with E-state index in [0.717, 1.165) is 19.4 Å². The number of carbonyl (C=O) groups is 1. The second-order valence-corrected chi connectivity index (χ2v) is 4.19. The number of benzene rings is 1. The monoisotopic (exact) mass is 266 g/mol. The molecule has 1 aromatic carbocycles. The van der Waals surface area contributed by atoms with Gasteiger partial charge in [-0.25, -0.2) is 0 Å². The molecule has 0 unspecified atom stereocenters. The van der Waals surface area contributed by atoms with E-state index in [1.165, 1.54) is 0 Å². The van der Waals surface area contributed by atoms with E-state index in [1.807, 2.05) is 0 Å². The van der Waals surface area contributed by atoms with Crippen molar-refractivity contribution in [2.45, 2.75) is 19.8 Å². The third-order valence-corrected chi connectivity index (χ3v) is 2.42. The lowest BCUT2D eigenvalue weighted by atomic mass is 10.3. The van der Waals surface area contributed by atoms with Gasteiger partial charge in [-0.2, -0.15) is 0 Å². The van der Waals surface area contributed by atoms with Gasteiger partial charge in [-0.05, 0) is 24.6 Å². The molecule has 0 spiro atoms. The SMILES string of the molecule is CCCCOCCOCC(=O)Nc1cccc(N)c1. The van der Waals surface area contributed by atoms with Gasteiger partial charge in [0.05, 0.1) is 13.2 Å². The number of nitrogens with two attached hydrogens (primary N) is 1. The molecule has 1 aromatic rings. The van der Waals surface area contributed by atoms with Crippen molar-refractivity contribution in [2.24, 2.45) is 0 Å². The van der Waals surface area contributed by atoms with Crippen molar-refractivity contribution in [3.8, 4) is 0 Å². The van der Waals surface area contributed by atoms with Gasteiger partial charge in [-0.15, -0.1) is 0 Å². The van der Waals surface area contributed by atoms with Crippen LogP contribution in [-0.4, -0.2) is 32.3 Å². The Balaban J connectivity index is 2.08. The van der Waals surface area contributed by atoms with E-state index in [-0.39, 0.29) is 12.5 Å². The lowest BCUT2D eigenvalue weighted by Gasteiger charge is -2.07. The van der Waals surface area contributed by atoms with E-state index >= 15 is 0 Å². The van der Waals surface area contributed by atoms with Crippen LogP contribution in [0.1, 0.15) is 19.8 Å². The number of hydrogen-bond acceptors (Lipinski definition) is 4. The maximum Gasteiger partial charge on any atom is 0.250 e. The number of carbonyl (C=O) groups excluding carboxylic acids is 1. The van der Waals surface area contributed by atoms with Crippen LogP contribution in [0.3, 0.4) is 0 Å². The van der Waals surface area contributed by atoms with E-state index < -0.39 is 0 Å². The van der Waals surface area contributed by atoms with Crippen molar-refractivity contribution in [3.05, 3.63) is 24.3 Å². The summed E-state index contributed by atoms with van der Waals surface area (Å²) in [4.78, 5) is 11.5. The number of hydrogen-bond donors (Lipinski definition) is 2. The molecule has 1 rings (SSSR count). The highest BCUT2D eigenvalue weighted by Gasteiger charge is 2.02. The zero-order valence-electron chi connectivity index (χ0n) is 11.4. The van der Waals surface area contributed by atoms with Crippen LogP contribution in [0.15, 0.2) is 24.3 Å². The highest BCUT2D eigenvalue weighted by Crippen LogP contribution is 2.11. The van der Waals surface area contributed by atoms with E-state index in [9.17, 15) is 4.79 Å². The number of nitrogens with one attached hydrogen (secondary N) is 1. The first kappa shape index (κ1) is 15.5. The third-order valence-electron chi connectivity index (χ3n) is 2.42. The summed E-state index contributed by atoms with van der Waals surface area (Å²) in [6.07, 6.45) is 2.17. The van der Waals surface area contributed by atoms with E-state index in [4.69, 9.17) is 15.2 Å². The quantitative estimate of drug-likeness (QED) is 0.530. The number of unbranched alkanes of at least 4 members (excludes halogenated alkanes) is 1. The van der Waals surface area contributed by atoms with E-state index in [0.29, 0.717) is 24.6 Å². The van der Waals surface area contributed by atoms with Gasteiger partial charge >= 0.3 is 0 Å². The molecule has 0 heterocycles. The zero-order valence-corrected chi connectivity index (χ0v) is 11.4. The van der Waals surface area contributed by atoms with Gasteiger partial charge in [0, 0.05) is 18.0 Å². The Morgan fingerprint density at radius 3 is 2.79 bits per heavy atom. The van der Waals surface area contributed by atoms with Crippen LogP contribution in [0.25, 0.3) is 0 Å². The first-order valence-corrected chi connectivity index (χ1v) is 6.53. The lowest BCUT2D eigenvalue weighted by Crippen LogP contribution is -2.19. The fraction of sp³-hybridized carbons (Fsp3) is 0.500. The van der Waals surface area contributed by atoms with Crippen LogP contribution in [0.2, 0.25) is 0 Å². The molecular weight excluding hydrogens is 244 g/mol. The molecule has 5 heteroatoms. The number of nitrogen functional groups attached to an aromatic ring is 1. The lowest BCUT2D eigenvalue weighted by molar-refractivity contribution is -0.121. The number of ether oxygens (including phenoxy) is 2. The molecule has 3 N–H and O–H groups in total. The Kier molecular flexibility index (Phi) is 7.62. The van der Waals surface area contributed by atoms with Gasteiger partial charge in [0.15, 0.2) is 0 Å². The van der Waals surface area contributed by atoms with Gasteiger partial charge in [-0.3, -0.25) is 4.79 Å². The molecule has 19 heavy (non-hydrogen) atoms. The maximum atomic E-state index is 11.5. The number of anilines is 2. The Hall–Kier alpha value is -1.59. The largest absolute Gasteiger partial charge is 0.399 e. The van der Waals surface area contributed by atoms with Crippen molar-refractivity contribution in [2.75, 3.05) is 37.5 Å². The van der Waals surface area contributed by atoms with Gasteiger partial charge in [-0.1, -0.05) is 19.4 Å². The van der Waals surface area contributed by atoms with Crippen LogP contribution in [0.4, 0.5) is 11.4 Å². The van der Waals surface area contributed by atoms with Crippen LogP contribution in [0.5, 0.6) is 0 Å². The fourth-order valence-electron chi connectivity index (χ4n) is 1.44. The molecule has 0 aliphatic rings. The summed E-state index contributed by atoms with van der Waals surface area (Å²) in [5, 5.41) is 2.71. The maximum absolute atomic E-state index is 11.5. The Bertz CT molecular complexity index is 383. The standard InChI is InChI=1S/C14H22N2O3/c1-2-3-7-18-8-9-19-11-14(17)16-13-6-4-5-12(15)10-13/h4-6,10H,2-3,7-9,11,15H2,1H3,(H,16,17). The van der Waals surface area contributed by atoms with Crippen LogP contribution >= 0.6 is 0 Å². The van der Waals surface area contributed by atoms with Gasteiger partial charge < -0.3 is 20.5 Å². The molecule has 1 amide bonds. The van der Waals surface area contributed by atoms with Crippen molar-refractivity contribution < 1.29 is 14.3 Å². The highest BCUT2D eigenvalue weighted by molar-refractivity contribution is 5.92. The zero-order chi connectivity index (χ0) is 13.9. The molecule has 0 atom stereocenters. The van der Waals surface area contributed by atoms with Crippen molar-refractivity contribution in [1.29, 1.82) is 0 Å². The predicted molar refractivity (Wildman–Crippen MR) is 76.0 cm³/mol. The molecule has 0 saturated carbocycles. The Morgan fingerprint density at radius 2 is 2.05 bits per heavy atom. The summed E-state index contributed by atoms with van der Waals surface area (Å²) in [6, 6.07) is 7.03. The molecule has 0 aliphatic carbocycles. The first-order chi connectivity index (χ1) is 9.22. The van der Waals surface area contributed by atoms with Gasteiger partial charge in [0.25, 0.3) is 0 Å². The van der Waals surface area contributed by atoms with Crippen LogP contribution in [0, 0.1) is 0 Å². The average molecular weight is 266 g/mol. The van der Waals surface area contributed by atoms with Crippen LogP contribution in [-0.2, 0) is 14.3 Å². The second-order valence-electron chi connectivity index (χ2n) is 4.19. The molecular formula is C14H22N2O3. The minimum Gasteiger partial charge on any atom is -0.399 e. The summed E-state index contributed by atoms with van der Waals surface area (Å²) in [7, 11) is 0. The molecule has 0 radical (unpaired) electrons. The first-order valence-electron chi connectivity index (χ1n) is 6.53.